The van der Waals surface area contributed by atoms with Crippen LogP contribution in [0.3, 0.4) is 0 Å². The van der Waals surface area contributed by atoms with E-state index in [-0.39, 0.29) is 0 Å². The van der Waals surface area contributed by atoms with E-state index >= 15 is 0 Å². The summed E-state index contributed by atoms with van der Waals surface area (Å²) in [4.78, 5) is 2.59. The average Bonchev–Trinajstić information content (AvgIpc) is 2.75. The summed E-state index contributed by atoms with van der Waals surface area (Å²) in [6, 6.07) is 32.7. The molecule has 0 fully saturated rings. The van der Waals surface area contributed by atoms with E-state index in [1.54, 1.807) is 0 Å². The molecular formula is C26H25CrN. The predicted molar refractivity (Wildman–Crippen MR) is 115 cm³/mol. The fourth-order valence-electron chi connectivity index (χ4n) is 3.95. The zero-order chi connectivity index (χ0) is 19.3. The van der Waals surface area contributed by atoms with Crippen LogP contribution >= 0.6 is 0 Å². The van der Waals surface area contributed by atoms with Crippen molar-refractivity contribution in [2.45, 2.75) is 25.8 Å². The number of benzene rings is 3. The van der Waals surface area contributed by atoms with Crippen molar-refractivity contribution in [2.24, 2.45) is 0 Å². The van der Waals surface area contributed by atoms with Gasteiger partial charge in [0.25, 0.3) is 0 Å². The van der Waals surface area contributed by atoms with Gasteiger partial charge in [-0.25, -0.2) is 0 Å². The molecule has 4 rings (SSSR count). The Morgan fingerprint density at radius 2 is 1.39 bits per heavy atom. The molecular weight excluding hydrogens is 378 g/mol. The van der Waals surface area contributed by atoms with Crippen LogP contribution in [-0.2, 0) is 15.9 Å². The van der Waals surface area contributed by atoms with Gasteiger partial charge in [0.05, 0.1) is 0 Å². The molecule has 1 aliphatic heterocycles. The summed E-state index contributed by atoms with van der Waals surface area (Å²) < 4.78 is 1.25. The zero-order valence-corrected chi connectivity index (χ0v) is 17.5. The topological polar surface area (TPSA) is 3.24 Å². The van der Waals surface area contributed by atoms with Crippen molar-refractivity contribution in [3.63, 3.8) is 0 Å². The van der Waals surface area contributed by atoms with Crippen molar-refractivity contribution >= 4 is 10.1 Å². The second-order valence-corrected chi connectivity index (χ2v) is 7.82. The van der Waals surface area contributed by atoms with Gasteiger partial charge in [-0.1, -0.05) is 0 Å². The van der Waals surface area contributed by atoms with Crippen LogP contribution in [0.15, 0.2) is 96.6 Å². The minimum absolute atomic E-state index is 0.291. The molecule has 28 heavy (non-hydrogen) atoms. The number of hydrogen-bond acceptors (Lipinski definition) is 1. The van der Waals surface area contributed by atoms with Gasteiger partial charge in [0.2, 0.25) is 0 Å². The van der Waals surface area contributed by atoms with Gasteiger partial charge in [-0.3, -0.25) is 0 Å². The number of hydrogen-bond donors (Lipinski definition) is 0. The van der Waals surface area contributed by atoms with Crippen molar-refractivity contribution in [3.8, 4) is 0 Å². The first kappa shape index (κ1) is 18.9. The zero-order valence-electron chi connectivity index (χ0n) is 16.2. The third-order valence-corrected chi connectivity index (χ3v) is 6.03. The Balaban J connectivity index is 1.86. The Bertz CT molecular complexity index is 961. The van der Waals surface area contributed by atoms with Crippen LogP contribution in [0.2, 0.25) is 0 Å². The van der Waals surface area contributed by atoms with Gasteiger partial charge < -0.3 is 0 Å². The molecule has 3 aromatic rings. The summed E-state index contributed by atoms with van der Waals surface area (Å²) in [6.07, 6.45) is 2.39. The van der Waals surface area contributed by atoms with Crippen molar-refractivity contribution in [1.29, 1.82) is 0 Å². The van der Waals surface area contributed by atoms with Gasteiger partial charge in [0.1, 0.15) is 0 Å². The third kappa shape index (κ3) is 3.63. The number of rotatable bonds is 7. The molecule has 1 unspecified atom stereocenters. The number of unbranched alkanes of at least 4 members (excludes halogenated alkanes) is 1. The van der Waals surface area contributed by atoms with Gasteiger partial charge >= 0.3 is 176 Å². The first-order valence-corrected chi connectivity index (χ1v) is 10.7. The van der Waals surface area contributed by atoms with E-state index < -0.39 is 0 Å². The molecule has 0 spiro atoms. The maximum absolute atomic E-state index is 3.40. The average molecular weight is 403 g/mol. The maximum atomic E-state index is 3.40. The molecule has 1 atom stereocenters. The standard InChI is InChI=1S/C26H25N.Cr/c1-2-3-19-27-25(22-15-9-5-10-16-22)24(20-21-13-7-4-8-14-21)26(27)23-17-11-6-12-18-23;/h4-18,25H,2-3,19H2,1H3;. The molecule has 0 saturated carbocycles. The summed E-state index contributed by atoms with van der Waals surface area (Å²) in [7, 11) is 0. The fraction of sp³-hybridized carbons (Fsp3) is 0.192. The summed E-state index contributed by atoms with van der Waals surface area (Å²) in [5, 5.41) is 0. The van der Waals surface area contributed by atoms with Crippen LogP contribution in [0, 0.1) is 0 Å². The molecule has 0 bridgehead atoms. The second-order valence-electron chi connectivity index (χ2n) is 7.18. The quantitative estimate of drug-likeness (QED) is 0.466. The Hall–Kier alpha value is -2.40. The molecule has 0 radical (unpaired) electrons. The molecule has 1 aliphatic rings. The van der Waals surface area contributed by atoms with Crippen molar-refractivity contribution < 1.29 is 15.9 Å². The summed E-state index contributed by atoms with van der Waals surface area (Å²) >= 11 is 3.40. The van der Waals surface area contributed by atoms with Crippen LogP contribution in [0.25, 0.3) is 5.70 Å². The van der Waals surface area contributed by atoms with Gasteiger partial charge in [-0.2, -0.15) is 0 Å². The minimum atomic E-state index is 0.291. The Morgan fingerprint density at radius 1 is 0.821 bits per heavy atom. The first-order chi connectivity index (χ1) is 13.8. The van der Waals surface area contributed by atoms with E-state index in [9.17, 15) is 0 Å². The predicted octanol–water partition coefficient (Wildman–Crippen LogP) is 6.02. The number of nitrogens with zero attached hydrogens (tertiary/aromatic N) is 1. The van der Waals surface area contributed by atoms with Gasteiger partial charge in [-0.15, -0.1) is 0 Å². The summed E-state index contributed by atoms with van der Waals surface area (Å²) in [5.74, 6) is 0. The molecule has 0 N–H and O–H groups in total. The van der Waals surface area contributed by atoms with Gasteiger partial charge in [-0.05, 0) is 0 Å². The van der Waals surface area contributed by atoms with Crippen LogP contribution in [0.4, 0.5) is 0 Å². The van der Waals surface area contributed by atoms with Crippen LogP contribution in [-0.4, -0.2) is 15.8 Å². The van der Waals surface area contributed by atoms with E-state index in [0.717, 1.165) is 6.54 Å². The van der Waals surface area contributed by atoms with Crippen molar-refractivity contribution in [1.82, 2.24) is 4.90 Å². The van der Waals surface area contributed by atoms with E-state index in [2.05, 4.69) is 119 Å². The Labute approximate surface area is 176 Å². The third-order valence-electron chi connectivity index (χ3n) is 5.32. The Kier molecular flexibility index (Phi) is 5.91. The van der Waals surface area contributed by atoms with Crippen LogP contribution < -0.4 is 0 Å². The molecule has 1 heterocycles. The Morgan fingerprint density at radius 3 is 2.00 bits per heavy atom. The summed E-state index contributed by atoms with van der Waals surface area (Å²) in [6.45, 7) is 3.34. The molecule has 2 heteroatoms. The van der Waals surface area contributed by atoms with Crippen LogP contribution in [0.5, 0.6) is 0 Å². The molecule has 3 aromatic carbocycles. The van der Waals surface area contributed by atoms with E-state index in [4.69, 9.17) is 0 Å². The van der Waals surface area contributed by atoms with Crippen molar-refractivity contribution in [3.05, 3.63) is 113 Å². The second kappa shape index (κ2) is 8.74. The molecule has 0 saturated heterocycles. The van der Waals surface area contributed by atoms with Gasteiger partial charge in [0, 0.05) is 0 Å². The molecule has 1 nitrogen and oxygen atoms in total. The van der Waals surface area contributed by atoms with Crippen LogP contribution in [0.1, 0.15) is 42.5 Å². The van der Waals surface area contributed by atoms with E-state index in [1.807, 2.05) is 0 Å². The normalized spacial score (nSPS) is 16.0. The first-order valence-electron chi connectivity index (χ1n) is 10.0. The summed E-state index contributed by atoms with van der Waals surface area (Å²) in [5.41, 5.74) is 6.67. The SMILES string of the molecule is CCCCN1C(c2ccccc2)=C([C](=[Cr])c2ccccc2)C1c1ccccc1. The molecule has 0 aromatic heterocycles. The monoisotopic (exact) mass is 403 g/mol. The van der Waals surface area contributed by atoms with Gasteiger partial charge in [0.15, 0.2) is 0 Å². The molecule has 0 amide bonds. The molecule has 140 valence electrons. The van der Waals surface area contributed by atoms with E-state index in [1.165, 1.54) is 45.2 Å². The fourth-order valence-corrected chi connectivity index (χ4v) is 4.49. The van der Waals surface area contributed by atoms with Crippen molar-refractivity contribution in [2.75, 3.05) is 6.54 Å². The molecule has 0 aliphatic carbocycles. The van der Waals surface area contributed by atoms with E-state index in [0.29, 0.717) is 6.04 Å².